The third-order valence-electron chi connectivity index (χ3n) is 3.14. The van der Waals surface area contributed by atoms with Crippen LogP contribution in [0, 0.1) is 5.82 Å². The van der Waals surface area contributed by atoms with Gasteiger partial charge in [-0.1, -0.05) is 18.2 Å². The highest BCUT2D eigenvalue weighted by atomic mass is 19.1. The molecule has 4 heteroatoms. The van der Waals surface area contributed by atoms with E-state index in [2.05, 4.69) is 0 Å². The van der Waals surface area contributed by atoms with Crippen LogP contribution in [-0.4, -0.2) is 17.3 Å². The van der Waals surface area contributed by atoms with Crippen LogP contribution in [0.3, 0.4) is 0 Å². The second-order valence-corrected chi connectivity index (χ2v) is 4.47. The fourth-order valence-corrected chi connectivity index (χ4v) is 1.92. The molecular formula is C15H15FO3. The van der Waals surface area contributed by atoms with Gasteiger partial charge in [0.05, 0.1) is 7.11 Å². The number of benzene rings is 2. The Morgan fingerprint density at radius 1 is 1.05 bits per heavy atom. The largest absolute Gasteiger partial charge is 0.508 e. The summed E-state index contributed by atoms with van der Waals surface area (Å²) in [6, 6.07) is 10.5. The predicted octanol–water partition coefficient (Wildman–Crippen LogP) is 2.80. The molecule has 0 amide bonds. The Labute approximate surface area is 110 Å². The molecular weight excluding hydrogens is 247 g/mol. The van der Waals surface area contributed by atoms with Crippen molar-refractivity contribution in [2.45, 2.75) is 12.5 Å². The summed E-state index contributed by atoms with van der Waals surface area (Å²) in [5.74, 6) is -0.287. The molecule has 0 saturated carbocycles. The molecule has 0 fully saturated rings. The van der Waals surface area contributed by atoms with Crippen molar-refractivity contribution in [2.24, 2.45) is 0 Å². The zero-order chi connectivity index (χ0) is 14.0. The Hall–Kier alpha value is -2.07. The molecule has 0 aliphatic rings. The summed E-state index contributed by atoms with van der Waals surface area (Å²) in [4.78, 5) is 0. The maximum atomic E-state index is 13.7. The zero-order valence-electron chi connectivity index (χ0n) is 10.7. The average Bonchev–Trinajstić information content (AvgIpc) is 2.39. The molecule has 0 aliphatic carbocycles. The summed E-state index contributed by atoms with van der Waals surface area (Å²) >= 11 is 0. The lowest BCUT2D eigenvalue weighted by Gasteiger charge is -2.25. The second kappa shape index (κ2) is 4.90. The fraction of sp³-hybridized carbons (Fsp3) is 0.200. The Bertz CT molecular complexity index is 576. The number of hydrogen-bond acceptors (Lipinski definition) is 3. The van der Waals surface area contributed by atoms with Crippen molar-refractivity contribution >= 4 is 0 Å². The lowest BCUT2D eigenvalue weighted by Crippen LogP contribution is -2.22. The fourth-order valence-electron chi connectivity index (χ4n) is 1.92. The van der Waals surface area contributed by atoms with Crippen LogP contribution in [0.4, 0.5) is 4.39 Å². The van der Waals surface area contributed by atoms with Crippen LogP contribution in [0.15, 0.2) is 42.5 Å². The summed E-state index contributed by atoms with van der Waals surface area (Å²) < 4.78 is 18.5. The Morgan fingerprint density at radius 2 is 1.63 bits per heavy atom. The molecule has 0 radical (unpaired) electrons. The van der Waals surface area contributed by atoms with E-state index >= 15 is 0 Å². The molecule has 100 valence electrons. The molecule has 2 rings (SSSR count). The molecule has 2 N–H and O–H groups in total. The maximum absolute atomic E-state index is 13.7. The molecule has 3 nitrogen and oxygen atoms in total. The summed E-state index contributed by atoms with van der Waals surface area (Å²) in [5.41, 5.74) is -0.368. The first kappa shape index (κ1) is 13.4. The highest BCUT2D eigenvalue weighted by molar-refractivity contribution is 5.40. The third kappa shape index (κ3) is 2.53. The molecule has 0 heterocycles. The van der Waals surface area contributed by atoms with Gasteiger partial charge in [-0.2, -0.15) is 0 Å². The quantitative estimate of drug-likeness (QED) is 0.894. The van der Waals surface area contributed by atoms with Gasteiger partial charge in [-0.05, 0) is 42.3 Å². The van der Waals surface area contributed by atoms with Crippen LogP contribution in [-0.2, 0) is 5.60 Å². The number of phenols is 1. The lowest BCUT2D eigenvalue weighted by molar-refractivity contribution is 0.102. The Balaban J connectivity index is 2.43. The lowest BCUT2D eigenvalue weighted by atomic mass is 9.88. The van der Waals surface area contributed by atoms with E-state index in [4.69, 9.17) is 4.74 Å². The van der Waals surface area contributed by atoms with Gasteiger partial charge in [0, 0.05) is 0 Å². The van der Waals surface area contributed by atoms with Gasteiger partial charge in [0.15, 0.2) is 11.6 Å². The number of hydrogen-bond donors (Lipinski definition) is 2. The van der Waals surface area contributed by atoms with Crippen molar-refractivity contribution in [1.82, 2.24) is 0 Å². The SMILES string of the molecule is COc1ccc(C(C)(O)c2ccc(O)cc2)cc1F. The number of methoxy groups -OCH3 is 1. The first-order valence-corrected chi connectivity index (χ1v) is 5.81. The summed E-state index contributed by atoms with van der Waals surface area (Å²) in [7, 11) is 1.39. The molecule has 2 aromatic carbocycles. The van der Waals surface area contributed by atoms with Crippen molar-refractivity contribution < 1.29 is 19.3 Å². The molecule has 0 saturated heterocycles. The van der Waals surface area contributed by atoms with E-state index in [0.29, 0.717) is 11.1 Å². The molecule has 1 unspecified atom stereocenters. The number of aliphatic hydroxyl groups is 1. The third-order valence-corrected chi connectivity index (χ3v) is 3.14. The maximum Gasteiger partial charge on any atom is 0.165 e. The minimum absolute atomic E-state index is 0.112. The first-order valence-electron chi connectivity index (χ1n) is 5.81. The van der Waals surface area contributed by atoms with E-state index in [1.54, 1.807) is 25.1 Å². The Kier molecular flexibility index (Phi) is 3.44. The van der Waals surface area contributed by atoms with Crippen LogP contribution < -0.4 is 4.74 Å². The van der Waals surface area contributed by atoms with Gasteiger partial charge in [-0.15, -0.1) is 0 Å². The molecule has 19 heavy (non-hydrogen) atoms. The smallest absolute Gasteiger partial charge is 0.165 e. The number of aromatic hydroxyl groups is 1. The van der Waals surface area contributed by atoms with Crippen LogP contribution in [0.2, 0.25) is 0 Å². The molecule has 0 bridgehead atoms. The average molecular weight is 262 g/mol. The highest BCUT2D eigenvalue weighted by Gasteiger charge is 2.26. The topological polar surface area (TPSA) is 49.7 Å². The molecule has 0 aromatic heterocycles. The minimum atomic E-state index is -1.35. The highest BCUT2D eigenvalue weighted by Crippen LogP contribution is 2.32. The molecule has 0 aliphatic heterocycles. The van der Waals surface area contributed by atoms with Gasteiger partial charge < -0.3 is 14.9 Å². The summed E-state index contributed by atoms with van der Waals surface area (Å²) in [6.45, 7) is 1.57. The van der Waals surface area contributed by atoms with Gasteiger partial charge in [0.1, 0.15) is 11.4 Å². The van der Waals surface area contributed by atoms with Gasteiger partial charge in [-0.3, -0.25) is 0 Å². The molecule has 0 spiro atoms. The van der Waals surface area contributed by atoms with Crippen molar-refractivity contribution in [3.63, 3.8) is 0 Å². The second-order valence-electron chi connectivity index (χ2n) is 4.47. The number of ether oxygens (including phenoxy) is 1. The van der Waals surface area contributed by atoms with E-state index in [-0.39, 0.29) is 11.5 Å². The van der Waals surface area contributed by atoms with Crippen LogP contribution in [0.5, 0.6) is 11.5 Å². The van der Waals surface area contributed by atoms with Crippen LogP contribution >= 0.6 is 0 Å². The van der Waals surface area contributed by atoms with E-state index in [1.165, 1.54) is 31.4 Å². The molecule has 1 atom stereocenters. The van der Waals surface area contributed by atoms with Crippen LogP contribution in [0.25, 0.3) is 0 Å². The van der Waals surface area contributed by atoms with Gasteiger partial charge in [0.2, 0.25) is 0 Å². The predicted molar refractivity (Wildman–Crippen MR) is 69.7 cm³/mol. The Morgan fingerprint density at radius 3 is 2.16 bits per heavy atom. The van der Waals surface area contributed by atoms with Crippen LogP contribution in [0.1, 0.15) is 18.1 Å². The minimum Gasteiger partial charge on any atom is -0.508 e. The normalized spacial score (nSPS) is 13.9. The van der Waals surface area contributed by atoms with Gasteiger partial charge >= 0.3 is 0 Å². The standard InChI is InChI=1S/C15H15FO3/c1-15(18,10-3-6-12(17)7-4-10)11-5-8-14(19-2)13(16)9-11/h3-9,17-18H,1-2H3. The summed E-state index contributed by atoms with van der Waals surface area (Å²) in [6.07, 6.45) is 0. The van der Waals surface area contributed by atoms with E-state index < -0.39 is 11.4 Å². The zero-order valence-corrected chi connectivity index (χ0v) is 10.7. The number of rotatable bonds is 3. The van der Waals surface area contributed by atoms with E-state index in [9.17, 15) is 14.6 Å². The summed E-state index contributed by atoms with van der Waals surface area (Å²) in [5, 5.41) is 19.8. The van der Waals surface area contributed by atoms with Gasteiger partial charge in [0.25, 0.3) is 0 Å². The molecule has 2 aromatic rings. The van der Waals surface area contributed by atoms with Crippen molar-refractivity contribution in [2.75, 3.05) is 7.11 Å². The van der Waals surface area contributed by atoms with E-state index in [0.717, 1.165) is 0 Å². The van der Waals surface area contributed by atoms with E-state index in [1.807, 2.05) is 0 Å². The van der Waals surface area contributed by atoms with Crippen molar-refractivity contribution in [3.05, 3.63) is 59.4 Å². The number of phenolic OH excluding ortho intramolecular Hbond substituents is 1. The van der Waals surface area contributed by atoms with Crippen molar-refractivity contribution in [3.8, 4) is 11.5 Å². The first-order chi connectivity index (χ1) is 8.95. The van der Waals surface area contributed by atoms with Crippen molar-refractivity contribution in [1.29, 1.82) is 0 Å². The van der Waals surface area contributed by atoms with Gasteiger partial charge in [-0.25, -0.2) is 4.39 Å². The monoisotopic (exact) mass is 262 g/mol. The number of halogens is 1.